The molecule has 0 bridgehead atoms. The molecule has 2 aromatic carbocycles. The maximum atomic E-state index is 2.66. The Hall–Kier alpha value is -1.82. The Morgan fingerprint density at radius 1 is 0.558 bits per heavy atom. The van der Waals surface area contributed by atoms with Crippen molar-refractivity contribution >= 4 is 5.57 Å². The highest BCUT2D eigenvalue weighted by atomic mass is 14.5. The second-order valence-corrected chi connectivity index (χ2v) is 15.1. The van der Waals surface area contributed by atoms with Crippen molar-refractivity contribution in [2.24, 2.45) is 0 Å². The van der Waals surface area contributed by atoms with Gasteiger partial charge in [0.05, 0.1) is 0 Å². The zero-order valence-electron chi connectivity index (χ0n) is 29.9. The third-order valence-corrected chi connectivity index (χ3v) is 10.6. The molecular weight excluding hydrogens is 516 g/mol. The number of hydrogen-bond donors (Lipinski definition) is 0. The van der Waals surface area contributed by atoms with E-state index >= 15 is 0 Å². The Bertz CT molecular complexity index is 1120. The summed E-state index contributed by atoms with van der Waals surface area (Å²) in [7, 11) is 0. The smallest absolute Gasteiger partial charge is 0.0215 e. The first-order chi connectivity index (χ1) is 20.7. The lowest BCUT2D eigenvalue weighted by Gasteiger charge is -2.34. The number of benzene rings is 2. The van der Waals surface area contributed by atoms with Gasteiger partial charge in [-0.15, -0.1) is 0 Å². The summed E-state index contributed by atoms with van der Waals surface area (Å²) in [6.45, 7) is 18.9. The van der Waals surface area contributed by atoms with Crippen LogP contribution in [0.5, 0.6) is 0 Å². The van der Waals surface area contributed by atoms with Gasteiger partial charge in [-0.05, 0) is 90.0 Å². The predicted molar refractivity (Wildman–Crippen MR) is 194 cm³/mol. The Labute approximate surface area is 268 Å². The summed E-state index contributed by atoms with van der Waals surface area (Å²) in [6, 6.07) is 15.2. The van der Waals surface area contributed by atoms with Gasteiger partial charge in [0.15, 0.2) is 0 Å². The lowest BCUT2D eigenvalue weighted by molar-refractivity contribution is 0.397. The number of rotatable bonds is 20. The van der Waals surface area contributed by atoms with Crippen LogP contribution in [0.3, 0.4) is 0 Å². The van der Waals surface area contributed by atoms with Gasteiger partial charge in [0.2, 0.25) is 0 Å². The highest BCUT2D eigenvalue weighted by Crippen LogP contribution is 2.55. The number of fused-ring (bicyclic) bond motifs is 3. The highest BCUT2D eigenvalue weighted by molar-refractivity contribution is 5.84. The fourth-order valence-corrected chi connectivity index (χ4v) is 7.52. The van der Waals surface area contributed by atoms with E-state index in [1.54, 1.807) is 16.7 Å². The molecule has 0 N–H and O–H groups in total. The Kier molecular flexibility index (Phi) is 14.6. The molecule has 0 spiro atoms. The van der Waals surface area contributed by atoms with E-state index in [4.69, 9.17) is 0 Å². The van der Waals surface area contributed by atoms with E-state index in [-0.39, 0.29) is 10.8 Å². The molecule has 240 valence electrons. The van der Waals surface area contributed by atoms with Crippen LogP contribution >= 0.6 is 0 Å². The third kappa shape index (κ3) is 9.58. The maximum absolute atomic E-state index is 2.66. The van der Waals surface area contributed by atoms with Crippen molar-refractivity contribution in [2.75, 3.05) is 0 Å². The monoisotopic (exact) mass is 585 g/mol. The summed E-state index contributed by atoms with van der Waals surface area (Å²) in [4.78, 5) is 0. The van der Waals surface area contributed by atoms with Crippen LogP contribution in [-0.2, 0) is 10.8 Å². The average Bonchev–Trinajstić information content (AvgIpc) is 3.26. The quantitative estimate of drug-likeness (QED) is 0.136. The molecule has 0 heteroatoms. The average molecular weight is 585 g/mol. The summed E-state index contributed by atoms with van der Waals surface area (Å²) < 4.78 is 0. The van der Waals surface area contributed by atoms with Crippen molar-refractivity contribution in [1.29, 1.82) is 0 Å². The molecule has 0 nitrogen and oxygen atoms in total. The first kappa shape index (κ1) is 35.7. The largest absolute Gasteiger partial charge is 0.0698 e. The van der Waals surface area contributed by atoms with Gasteiger partial charge < -0.3 is 0 Å². The lowest BCUT2D eigenvalue weighted by atomic mass is 9.69. The van der Waals surface area contributed by atoms with Crippen LogP contribution < -0.4 is 0 Å². The second kappa shape index (κ2) is 17.6. The molecule has 0 unspecified atom stereocenters. The number of allylic oxidation sites excluding steroid dienone is 2. The Morgan fingerprint density at radius 2 is 1.02 bits per heavy atom. The fraction of sp³-hybridized carbons (Fsp3) is 0.674. The third-order valence-electron chi connectivity index (χ3n) is 10.6. The molecule has 0 atom stereocenters. The summed E-state index contributed by atoms with van der Waals surface area (Å²) in [5.74, 6) is 0. The first-order valence-corrected chi connectivity index (χ1v) is 18.7. The number of unbranched alkanes of at least 4 members (excludes halogenated alkanes) is 13. The summed E-state index contributed by atoms with van der Waals surface area (Å²) >= 11 is 0. The summed E-state index contributed by atoms with van der Waals surface area (Å²) in [6.07, 6.45) is 25.6. The predicted octanol–water partition coefficient (Wildman–Crippen LogP) is 14.5. The van der Waals surface area contributed by atoms with Crippen LogP contribution in [0.2, 0.25) is 0 Å². The molecule has 0 fully saturated rings. The summed E-state index contributed by atoms with van der Waals surface area (Å²) in [5, 5.41) is 0. The molecule has 0 amide bonds. The minimum atomic E-state index is 0.146. The molecular formula is C43H68. The number of hydrogen-bond acceptors (Lipinski definition) is 0. The van der Waals surface area contributed by atoms with E-state index in [0.717, 1.165) is 0 Å². The first-order valence-electron chi connectivity index (χ1n) is 18.7. The Balaban J connectivity index is 2.04. The molecule has 0 heterocycles. The maximum Gasteiger partial charge on any atom is 0.0215 e. The van der Waals surface area contributed by atoms with Gasteiger partial charge in [0.25, 0.3) is 0 Å². The molecule has 3 rings (SSSR count). The van der Waals surface area contributed by atoms with Gasteiger partial charge >= 0.3 is 0 Å². The van der Waals surface area contributed by atoms with E-state index in [9.17, 15) is 0 Å². The van der Waals surface area contributed by atoms with Crippen molar-refractivity contribution in [2.45, 2.75) is 188 Å². The van der Waals surface area contributed by atoms with E-state index in [0.29, 0.717) is 0 Å². The standard InChI is InChI=1S/C43H68/c1-9-12-15-18-20-23-30-43(31-24-21-19-16-13-10-2)40-32-36(35(5)34(4)25-22-17-14-11-3)26-28-38(40)39-29-27-37(33-41(39)43)42(6,7)8/h26-29,32-33H,9-25,30-31H2,1-8H3/b35-34-. The van der Waals surface area contributed by atoms with Crippen molar-refractivity contribution in [3.05, 3.63) is 64.2 Å². The van der Waals surface area contributed by atoms with Crippen molar-refractivity contribution in [3.8, 4) is 11.1 Å². The van der Waals surface area contributed by atoms with Crippen LogP contribution in [-0.4, -0.2) is 0 Å². The van der Waals surface area contributed by atoms with Crippen LogP contribution in [0.15, 0.2) is 42.0 Å². The Morgan fingerprint density at radius 3 is 1.56 bits per heavy atom. The minimum absolute atomic E-state index is 0.146. The van der Waals surface area contributed by atoms with Crippen molar-refractivity contribution in [3.63, 3.8) is 0 Å². The lowest BCUT2D eigenvalue weighted by Crippen LogP contribution is -2.26. The van der Waals surface area contributed by atoms with Crippen LogP contribution in [0.25, 0.3) is 16.7 Å². The summed E-state index contributed by atoms with van der Waals surface area (Å²) in [5.41, 5.74) is 12.7. The molecule has 0 aliphatic heterocycles. The van der Waals surface area contributed by atoms with Crippen LogP contribution in [0.4, 0.5) is 0 Å². The van der Waals surface area contributed by atoms with E-state index in [1.165, 1.54) is 150 Å². The normalized spacial score (nSPS) is 14.5. The van der Waals surface area contributed by atoms with Gasteiger partial charge in [-0.25, -0.2) is 0 Å². The van der Waals surface area contributed by atoms with Crippen LogP contribution in [0, 0.1) is 0 Å². The molecule has 43 heavy (non-hydrogen) atoms. The van der Waals surface area contributed by atoms with E-state index in [1.807, 2.05) is 0 Å². The molecule has 0 aromatic heterocycles. The topological polar surface area (TPSA) is 0 Å². The molecule has 0 saturated carbocycles. The van der Waals surface area contributed by atoms with E-state index in [2.05, 4.69) is 91.8 Å². The van der Waals surface area contributed by atoms with Crippen molar-refractivity contribution < 1.29 is 0 Å². The van der Waals surface area contributed by atoms with Gasteiger partial charge in [-0.1, -0.05) is 174 Å². The zero-order chi connectivity index (χ0) is 31.3. The molecule has 0 radical (unpaired) electrons. The molecule has 2 aromatic rings. The fourth-order valence-electron chi connectivity index (χ4n) is 7.52. The highest BCUT2D eigenvalue weighted by Gasteiger charge is 2.43. The van der Waals surface area contributed by atoms with Gasteiger partial charge in [0, 0.05) is 5.41 Å². The van der Waals surface area contributed by atoms with Crippen molar-refractivity contribution in [1.82, 2.24) is 0 Å². The molecule has 1 aliphatic carbocycles. The minimum Gasteiger partial charge on any atom is -0.0698 e. The molecule has 0 saturated heterocycles. The zero-order valence-corrected chi connectivity index (χ0v) is 29.9. The van der Waals surface area contributed by atoms with Gasteiger partial charge in [-0.2, -0.15) is 0 Å². The van der Waals surface area contributed by atoms with E-state index < -0.39 is 0 Å². The second-order valence-electron chi connectivity index (χ2n) is 15.1. The SMILES string of the molecule is CCCCCCCCC1(CCCCCCCC)c2cc(/C(C)=C(/C)CCCCCC)ccc2-c2ccc(C(C)(C)C)cc21. The van der Waals surface area contributed by atoms with Gasteiger partial charge in [-0.3, -0.25) is 0 Å². The molecule has 1 aliphatic rings. The van der Waals surface area contributed by atoms with Gasteiger partial charge in [0.1, 0.15) is 0 Å². The van der Waals surface area contributed by atoms with Crippen LogP contribution in [0.1, 0.15) is 200 Å².